The van der Waals surface area contributed by atoms with Crippen LogP contribution in [0.15, 0.2) is 30.3 Å². The SMILES string of the molecule is C[C@@H]1CCCN(C(=O)CCOc2ccccc2)[C@H]1CN. The molecule has 0 spiro atoms. The lowest BCUT2D eigenvalue weighted by Crippen LogP contribution is -2.51. The molecule has 0 radical (unpaired) electrons. The van der Waals surface area contributed by atoms with Crippen molar-refractivity contribution >= 4 is 5.91 Å². The molecule has 1 amide bonds. The van der Waals surface area contributed by atoms with Gasteiger partial charge in [0.2, 0.25) is 5.91 Å². The average Bonchev–Trinajstić information content (AvgIpc) is 2.48. The van der Waals surface area contributed by atoms with E-state index in [1.54, 1.807) is 0 Å². The van der Waals surface area contributed by atoms with Crippen molar-refractivity contribution in [3.05, 3.63) is 30.3 Å². The van der Waals surface area contributed by atoms with Crippen LogP contribution in [0.3, 0.4) is 0 Å². The van der Waals surface area contributed by atoms with Crippen molar-refractivity contribution in [2.24, 2.45) is 11.7 Å². The van der Waals surface area contributed by atoms with Gasteiger partial charge in [-0.05, 0) is 30.9 Å². The number of nitrogens with two attached hydrogens (primary N) is 1. The lowest BCUT2D eigenvalue weighted by Gasteiger charge is -2.39. The summed E-state index contributed by atoms with van der Waals surface area (Å²) in [6.45, 7) is 3.98. The highest BCUT2D eigenvalue weighted by molar-refractivity contribution is 5.76. The first-order valence-corrected chi connectivity index (χ1v) is 7.39. The summed E-state index contributed by atoms with van der Waals surface area (Å²) in [6, 6.07) is 9.78. The molecule has 110 valence electrons. The van der Waals surface area contributed by atoms with Crippen molar-refractivity contribution in [1.82, 2.24) is 4.90 Å². The number of benzene rings is 1. The quantitative estimate of drug-likeness (QED) is 0.895. The maximum absolute atomic E-state index is 12.3. The Kier molecular flexibility index (Phi) is 5.41. The predicted molar refractivity (Wildman–Crippen MR) is 79.5 cm³/mol. The number of hydrogen-bond donors (Lipinski definition) is 1. The molecule has 1 aromatic rings. The number of carbonyl (C=O) groups is 1. The number of para-hydroxylation sites is 1. The van der Waals surface area contributed by atoms with E-state index in [9.17, 15) is 4.79 Å². The third-order valence-corrected chi connectivity index (χ3v) is 4.01. The molecule has 2 rings (SSSR count). The largest absolute Gasteiger partial charge is 0.493 e. The van der Waals surface area contributed by atoms with Crippen LogP contribution in [0.2, 0.25) is 0 Å². The third kappa shape index (κ3) is 3.73. The van der Waals surface area contributed by atoms with Crippen molar-refractivity contribution in [3.63, 3.8) is 0 Å². The monoisotopic (exact) mass is 276 g/mol. The van der Waals surface area contributed by atoms with Crippen molar-refractivity contribution in [2.45, 2.75) is 32.2 Å². The summed E-state index contributed by atoms with van der Waals surface area (Å²) in [6.07, 6.45) is 2.65. The number of amides is 1. The normalized spacial score (nSPS) is 22.6. The van der Waals surface area contributed by atoms with Crippen LogP contribution in [0.25, 0.3) is 0 Å². The fourth-order valence-corrected chi connectivity index (χ4v) is 2.83. The van der Waals surface area contributed by atoms with E-state index in [0.29, 0.717) is 25.5 Å². The molecule has 20 heavy (non-hydrogen) atoms. The molecule has 2 atom stereocenters. The third-order valence-electron chi connectivity index (χ3n) is 4.01. The molecule has 0 aliphatic carbocycles. The van der Waals surface area contributed by atoms with Crippen LogP contribution in [0.5, 0.6) is 5.75 Å². The van der Waals surface area contributed by atoms with Gasteiger partial charge in [0.25, 0.3) is 0 Å². The zero-order valence-corrected chi connectivity index (χ0v) is 12.1. The lowest BCUT2D eigenvalue weighted by atomic mass is 9.90. The Morgan fingerprint density at radius 1 is 1.40 bits per heavy atom. The summed E-state index contributed by atoms with van der Waals surface area (Å²) in [7, 11) is 0. The Hall–Kier alpha value is -1.55. The molecule has 0 aromatic heterocycles. The molecule has 4 heteroatoms. The number of likely N-dealkylation sites (tertiary alicyclic amines) is 1. The summed E-state index contributed by atoms with van der Waals surface area (Å²) in [5.41, 5.74) is 5.82. The van der Waals surface area contributed by atoms with Crippen LogP contribution in [0, 0.1) is 5.92 Å². The number of carbonyl (C=O) groups excluding carboxylic acids is 1. The second-order valence-electron chi connectivity index (χ2n) is 5.42. The Labute approximate surface area is 120 Å². The van der Waals surface area contributed by atoms with E-state index in [0.717, 1.165) is 25.1 Å². The number of nitrogens with zero attached hydrogens (tertiary/aromatic N) is 1. The van der Waals surface area contributed by atoms with Gasteiger partial charge in [-0.1, -0.05) is 25.1 Å². The predicted octanol–water partition coefficient (Wildman–Crippen LogP) is 2.04. The Morgan fingerprint density at radius 3 is 2.85 bits per heavy atom. The van der Waals surface area contributed by atoms with E-state index in [-0.39, 0.29) is 11.9 Å². The molecule has 1 aliphatic rings. The minimum atomic E-state index is 0.155. The average molecular weight is 276 g/mol. The van der Waals surface area contributed by atoms with Gasteiger partial charge in [0.15, 0.2) is 0 Å². The minimum absolute atomic E-state index is 0.155. The number of ether oxygens (including phenoxy) is 1. The van der Waals surface area contributed by atoms with E-state index in [1.807, 2.05) is 35.2 Å². The Balaban J connectivity index is 1.82. The molecule has 0 saturated carbocycles. The van der Waals surface area contributed by atoms with Crippen LogP contribution in [-0.2, 0) is 4.79 Å². The molecule has 4 nitrogen and oxygen atoms in total. The van der Waals surface area contributed by atoms with E-state index in [2.05, 4.69) is 6.92 Å². The molecule has 1 heterocycles. The second kappa shape index (κ2) is 7.29. The van der Waals surface area contributed by atoms with Crippen molar-refractivity contribution < 1.29 is 9.53 Å². The van der Waals surface area contributed by atoms with Crippen LogP contribution in [0.1, 0.15) is 26.2 Å². The van der Waals surface area contributed by atoms with Gasteiger partial charge in [-0.15, -0.1) is 0 Å². The topological polar surface area (TPSA) is 55.6 Å². The standard InChI is InChI=1S/C16H24N2O2/c1-13-6-5-10-18(15(13)12-17)16(19)9-11-20-14-7-3-2-4-8-14/h2-4,7-8,13,15H,5-6,9-12,17H2,1H3/t13-,15+/m1/s1. The second-order valence-corrected chi connectivity index (χ2v) is 5.42. The highest BCUT2D eigenvalue weighted by Crippen LogP contribution is 2.23. The number of hydrogen-bond acceptors (Lipinski definition) is 3. The molecule has 0 unspecified atom stereocenters. The first-order chi connectivity index (χ1) is 9.72. The van der Waals surface area contributed by atoms with Gasteiger partial charge in [0.05, 0.1) is 13.0 Å². The zero-order valence-electron chi connectivity index (χ0n) is 12.1. The first kappa shape index (κ1) is 14.9. The van der Waals surface area contributed by atoms with Crippen molar-refractivity contribution in [3.8, 4) is 5.75 Å². The van der Waals surface area contributed by atoms with E-state index in [1.165, 1.54) is 0 Å². The van der Waals surface area contributed by atoms with Gasteiger partial charge in [-0.25, -0.2) is 0 Å². The summed E-state index contributed by atoms with van der Waals surface area (Å²) in [4.78, 5) is 14.2. The van der Waals surface area contributed by atoms with Crippen molar-refractivity contribution in [2.75, 3.05) is 19.7 Å². The Bertz CT molecular complexity index is 422. The minimum Gasteiger partial charge on any atom is -0.493 e. The highest BCUT2D eigenvalue weighted by atomic mass is 16.5. The maximum atomic E-state index is 12.3. The van der Waals surface area contributed by atoms with Crippen LogP contribution < -0.4 is 10.5 Å². The number of piperidine rings is 1. The van der Waals surface area contributed by atoms with Gasteiger partial charge in [0, 0.05) is 19.1 Å². The van der Waals surface area contributed by atoms with Crippen LogP contribution in [0.4, 0.5) is 0 Å². The highest BCUT2D eigenvalue weighted by Gasteiger charge is 2.30. The summed E-state index contributed by atoms with van der Waals surface area (Å²) in [5, 5.41) is 0. The molecule has 1 aromatic carbocycles. The summed E-state index contributed by atoms with van der Waals surface area (Å²) < 4.78 is 5.58. The molecule has 1 fully saturated rings. The first-order valence-electron chi connectivity index (χ1n) is 7.39. The van der Waals surface area contributed by atoms with Gasteiger partial charge >= 0.3 is 0 Å². The molecular formula is C16H24N2O2. The van der Waals surface area contributed by atoms with E-state index >= 15 is 0 Å². The Morgan fingerprint density at radius 2 is 2.15 bits per heavy atom. The molecular weight excluding hydrogens is 252 g/mol. The fourth-order valence-electron chi connectivity index (χ4n) is 2.83. The van der Waals surface area contributed by atoms with Gasteiger partial charge in [-0.2, -0.15) is 0 Å². The summed E-state index contributed by atoms with van der Waals surface area (Å²) in [5.74, 6) is 1.46. The van der Waals surface area contributed by atoms with Crippen LogP contribution >= 0.6 is 0 Å². The molecule has 0 bridgehead atoms. The molecule has 1 saturated heterocycles. The van der Waals surface area contributed by atoms with Gasteiger partial charge in [0.1, 0.15) is 5.75 Å². The zero-order chi connectivity index (χ0) is 14.4. The molecule has 1 aliphatic heterocycles. The molecule has 2 N–H and O–H groups in total. The summed E-state index contributed by atoms with van der Waals surface area (Å²) >= 11 is 0. The van der Waals surface area contributed by atoms with Crippen molar-refractivity contribution in [1.29, 1.82) is 0 Å². The van der Waals surface area contributed by atoms with E-state index in [4.69, 9.17) is 10.5 Å². The van der Waals surface area contributed by atoms with Gasteiger partial charge in [-0.3, -0.25) is 4.79 Å². The van der Waals surface area contributed by atoms with E-state index < -0.39 is 0 Å². The van der Waals surface area contributed by atoms with Gasteiger partial charge < -0.3 is 15.4 Å². The van der Waals surface area contributed by atoms with Crippen LogP contribution in [-0.4, -0.2) is 36.5 Å². The number of rotatable bonds is 5. The lowest BCUT2D eigenvalue weighted by molar-refractivity contribution is -0.136. The smallest absolute Gasteiger partial charge is 0.226 e. The maximum Gasteiger partial charge on any atom is 0.226 e. The fraction of sp³-hybridized carbons (Fsp3) is 0.562.